The van der Waals surface area contributed by atoms with E-state index in [4.69, 9.17) is 4.74 Å². The van der Waals surface area contributed by atoms with E-state index in [1.807, 2.05) is 0 Å². The second-order valence-corrected chi connectivity index (χ2v) is 5.07. The summed E-state index contributed by atoms with van der Waals surface area (Å²) in [4.78, 5) is 13.1. The van der Waals surface area contributed by atoms with Crippen molar-refractivity contribution in [2.75, 3.05) is 7.11 Å². The Kier molecular flexibility index (Phi) is 5.42. The zero-order valence-electron chi connectivity index (χ0n) is 13.5. The molecule has 6 heteroatoms. The van der Waals surface area contributed by atoms with Gasteiger partial charge in [-0.2, -0.15) is 0 Å². The van der Waals surface area contributed by atoms with Crippen LogP contribution in [0.4, 0.5) is 4.39 Å². The van der Waals surface area contributed by atoms with Gasteiger partial charge < -0.3 is 20.1 Å². The predicted octanol–water partition coefficient (Wildman–Crippen LogP) is 3.14. The molecule has 0 atom stereocenters. The number of allylic oxidation sites excluding steroid dienone is 3. The van der Waals surface area contributed by atoms with Crippen LogP contribution in [-0.2, 0) is 11.3 Å². The number of nitrogens with one attached hydrogen (secondary N) is 1. The number of nitrogens with zero attached hydrogens (tertiary/aromatic N) is 1. The monoisotopic (exact) mass is 330 g/mol. The van der Waals surface area contributed by atoms with Crippen LogP contribution in [0.15, 0.2) is 66.3 Å². The lowest BCUT2D eigenvalue weighted by atomic mass is 10.1. The van der Waals surface area contributed by atoms with Crippen molar-refractivity contribution >= 4 is 5.97 Å². The van der Waals surface area contributed by atoms with Crippen LogP contribution in [0, 0.1) is 5.82 Å². The summed E-state index contributed by atoms with van der Waals surface area (Å²) in [5.41, 5.74) is 1.84. The first-order valence-corrected chi connectivity index (χ1v) is 7.30. The Morgan fingerprint density at radius 1 is 1.46 bits per heavy atom. The van der Waals surface area contributed by atoms with Gasteiger partial charge in [-0.25, -0.2) is 9.18 Å². The van der Waals surface area contributed by atoms with Crippen molar-refractivity contribution in [3.8, 4) is 5.75 Å². The molecule has 0 spiro atoms. The highest BCUT2D eigenvalue weighted by Gasteiger charge is 2.23. The van der Waals surface area contributed by atoms with Gasteiger partial charge in [-0.3, -0.25) is 0 Å². The van der Waals surface area contributed by atoms with E-state index in [1.165, 1.54) is 18.1 Å². The molecular weight excluding hydrogens is 311 g/mol. The molecule has 1 aromatic carbocycles. The number of rotatable bonds is 6. The topological polar surface area (TPSA) is 61.8 Å². The van der Waals surface area contributed by atoms with Crippen LogP contribution >= 0.6 is 0 Å². The van der Waals surface area contributed by atoms with E-state index in [0.29, 0.717) is 17.9 Å². The van der Waals surface area contributed by atoms with Crippen molar-refractivity contribution < 1.29 is 19.0 Å². The maximum absolute atomic E-state index is 13.4. The van der Waals surface area contributed by atoms with E-state index in [-0.39, 0.29) is 11.4 Å². The molecule has 2 rings (SSSR count). The Morgan fingerprint density at radius 2 is 2.21 bits per heavy atom. The van der Waals surface area contributed by atoms with Crippen LogP contribution in [0.1, 0.15) is 12.5 Å². The second kappa shape index (κ2) is 7.50. The molecule has 1 aliphatic rings. The number of benzene rings is 1. The highest BCUT2D eigenvalue weighted by atomic mass is 19.1. The number of halogens is 1. The Morgan fingerprint density at radius 3 is 2.83 bits per heavy atom. The minimum absolute atomic E-state index is 0.0784. The van der Waals surface area contributed by atoms with Gasteiger partial charge in [0.1, 0.15) is 0 Å². The highest BCUT2D eigenvalue weighted by molar-refractivity contribution is 5.88. The number of methoxy groups -OCH3 is 1. The molecule has 0 amide bonds. The Balaban J connectivity index is 2.27. The summed E-state index contributed by atoms with van der Waals surface area (Å²) >= 11 is 0. The zero-order chi connectivity index (χ0) is 17.7. The third-order valence-electron chi connectivity index (χ3n) is 3.45. The molecule has 0 saturated heterocycles. The van der Waals surface area contributed by atoms with E-state index in [0.717, 1.165) is 5.56 Å². The van der Waals surface area contributed by atoms with Gasteiger partial charge in [-0.1, -0.05) is 18.7 Å². The van der Waals surface area contributed by atoms with E-state index < -0.39 is 11.8 Å². The van der Waals surface area contributed by atoms with E-state index >= 15 is 0 Å². The minimum Gasteiger partial charge on any atom is -0.494 e. The lowest BCUT2D eigenvalue weighted by Gasteiger charge is -2.27. The van der Waals surface area contributed by atoms with E-state index in [2.05, 4.69) is 11.9 Å². The average Bonchev–Trinajstić information content (AvgIpc) is 2.56. The molecule has 5 nitrogen and oxygen atoms in total. The number of hydrogen-bond acceptors (Lipinski definition) is 4. The summed E-state index contributed by atoms with van der Waals surface area (Å²) in [7, 11) is 1.39. The van der Waals surface area contributed by atoms with Gasteiger partial charge in [0.15, 0.2) is 17.3 Å². The summed E-state index contributed by atoms with van der Waals surface area (Å²) in [6.45, 7) is 5.95. The summed E-state index contributed by atoms with van der Waals surface area (Å²) in [6.07, 6.45) is 6.75. The van der Waals surface area contributed by atoms with Crippen molar-refractivity contribution in [1.29, 1.82) is 0 Å². The van der Waals surface area contributed by atoms with Crippen LogP contribution < -0.4 is 10.1 Å². The largest absolute Gasteiger partial charge is 0.494 e. The smallest absolute Gasteiger partial charge is 0.355 e. The Bertz CT molecular complexity index is 751. The highest BCUT2D eigenvalue weighted by Crippen LogP contribution is 2.24. The molecule has 0 radical (unpaired) electrons. The number of carbonyl (C=O) groups is 1. The van der Waals surface area contributed by atoms with Crippen molar-refractivity contribution in [2.45, 2.75) is 13.5 Å². The first-order valence-electron chi connectivity index (χ1n) is 7.30. The summed E-state index contributed by atoms with van der Waals surface area (Å²) in [5, 5.41) is 12.6. The molecule has 0 unspecified atom stereocenters. The number of aliphatic carboxylic acids is 1. The molecular formula is C18H19FN2O3. The SMILES string of the molecule is C=C1C=CC(NCc2ccc(F)c(OC)c2)=C(C(=O)O)N1/C=C\C. The number of carboxylic acids is 1. The van der Waals surface area contributed by atoms with Crippen LogP contribution in [0.3, 0.4) is 0 Å². The molecule has 1 aliphatic heterocycles. The predicted molar refractivity (Wildman–Crippen MR) is 89.4 cm³/mol. The Labute approximate surface area is 140 Å². The number of hydrogen-bond donors (Lipinski definition) is 2. The van der Waals surface area contributed by atoms with Crippen molar-refractivity contribution in [3.63, 3.8) is 0 Å². The van der Waals surface area contributed by atoms with E-state index in [9.17, 15) is 14.3 Å². The lowest BCUT2D eigenvalue weighted by Crippen LogP contribution is -2.29. The van der Waals surface area contributed by atoms with Crippen molar-refractivity contribution in [2.24, 2.45) is 0 Å². The quantitative estimate of drug-likeness (QED) is 0.839. The normalized spacial score (nSPS) is 14.5. The molecule has 0 fully saturated rings. The van der Waals surface area contributed by atoms with Gasteiger partial charge in [0.05, 0.1) is 12.8 Å². The van der Waals surface area contributed by atoms with Gasteiger partial charge in [-0.15, -0.1) is 0 Å². The fourth-order valence-corrected chi connectivity index (χ4v) is 2.30. The first kappa shape index (κ1) is 17.3. The van der Waals surface area contributed by atoms with Crippen LogP contribution in [0.5, 0.6) is 5.75 Å². The maximum atomic E-state index is 13.4. The average molecular weight is 330 g/mol. The van der Waals surface area contributed by atoms with Gasteiger partial charge in [0.25, 0.3) is 0 Å². The van der Waals surface area contributed by atoms with Gasteiger partial charge in [-0.05, 0) is 36.8 Å². The van der Waals surface area contributed by atoms with Crippen molar-refractivity contribution in [1.82, 2.24) is 10.2 Å². The van der Waals surface area contributed by atoms with Crippen LogP contribution in [0.25, 0.3) is 0 Å². The molecule has 24 heavy (non-hydrogen) atoms. The molecule has 0 saturated carbocycles. The Hall–Kier alpha value is -3.02. The first-order chi connectivity index (χ1) is 11.5. The van der Waals surface area contributed by atoms with Gasteiger partial charge in [0.2, 0.25) is 0 Å². The lowest BCUT2D eigenvalue weighted by molar-refractivity contribution is -0.134. The minimum atomic E-state index is -1.07. The summed E-state index contributed by atoms with van der Waals surface area (Å²) in [5.74, 6) is -1.37. The van der Waals surface area contributed by atoms with Gasteiger partial charge >= 0.3 is 5.97 Å². The number of carboxylic acid groups (broad SMARTS) is 1. The number of ether oxygens (including phenoxy) is 1. The standard InChI is InChI=1S/C18H19FN2O3/c1-4-9-21-12(2)5-8-15(17(21)18(22)23)20-11-13-6-7-14(19)16(10-13)24-3/h4-10,20H,2,11H2,1,3H3,(H,22,23)/b9-4-. The molecule has 2 N–H and O–H groups in total. The molecule has 1 heterocycles. The fraction of sp³-hybridized carbons (Fsp3) is 0.167. The summed E-state index contributed by atoms with van der Waals surface area (Å²) < 4.78 is 18.4. The van der Waals surface area contributed by atoms with E-state index in [1.54, 1.807) is 43.5 Å². The molecule has 0 aromatic heterocycles. The van der Waals surface area contributed by atoms with Crippen molar-refractivity contribution in [3.05, 3.63) is 77.7 Å². The fourth-order valence-electron chi connectivity index (χ4n) is 2.30. The second-order valence-electron chi connectivity index (χ2n) is 5.07. The maximum Gasteiger partial charge on any atom is 0.355 e. The molecule has 0 aliphatic carbocycles. The zero-order valence-corrected chi connectivity index (χ0v) is 13.5. The van der Waals surface area contributed by atoms with Crippen LogP contribution in [-0.4, -0.2) is 23.1 Å². The molecule has 0 bridgehead atoms. The summed E-state index contributed by atoms with van der Waals surface area (Å²) in [6, 6.07) is 4.49. The van der Waals surface area contributed by atoms with Crippen LogP contribution in [0.2, 0.25) is 0 Å². The third kappa shape index (κ3) is 3.65. The third-order valence-corrected chi connectivity index (χ3v) is 3.45. The molecule has 1 aromatic rings. The molecule has 126 valence electrons. The van der Waals surface area contributed by atoms with Gasteiger partial charge in [0, 0.05) is 18.4 Å².